The Morgan fingerprint density at radius 2 is 1.32 bits per heavy atom. The van der Waals surface area contributed by atoms with Crippen molar-refractivity contribution in [2.45, 2.75) is 45.9 Å². The molecule has 200 valence electrons. The van der Waals surface area contributed by atoms with Gasteiger partial charge in [-0.15, -0.1) is 0 Å². The molecule has 0 amide bonds. The van der Waals surface area contributed by atoms with Crippen molar-refractivity contribution in [1.29, 1.82) is 0 Å². The fraction of sp³-hybridized carbons (Fsp3) is 0.400. The molecule has 2 bridgehead atoms. The van der Waals surface area contributed by atoms with E-state index < -0.39 is 0 Å². The van der Waals surface area contributed by atoms with Crippen molar-refractivity contribution in [3.05, 3.63) is 77.1 Å². The van der Waals surface area contributed by atoms with Gasteiger partial charge in [-0.1, -0.05) is 31.2 Å². The number of aromatic nitrogens is 1. The first kappa shape index (κ1) is 25.9. The SMILES string of the molecule is CCc1cc2nc(c1C1=NC(C)(C)CO1)COc1ccccc1OCCOCCOc1ccccc1OC2. The number of hydrogen-bond acceptors (Lipinski definition) is 8. The summed E-state index contributed by atoms with van der Waals surface area (Å²) in [7, 11) is 0. The highest BCUT2D eigenvalue weighted by atomic mass is 16.6. The Hall–Kier alpha value is -3.78. The molecule has 3 heterocycles. The summed E-state index contributed by atoms with van der Waals surface area (Å²) in [5.74, 6) is 3.20. The van der Waals surface area contributed by atoms with Gasteiger partial charge in [-0.25, -0.2) is 9.98 Å². The number of nitrogens with zero attached hydrogens (tertiary/aromatic N) is 2. The van der Waals surface area contributed by atoms with Crippen LogP contribution in [0.25, 0.3) is 0 Å². The van der Waals surface area contributed by atoms with E-state index in [4.69, 9.17) is 38.4 Å². The Balaban J connectivity index is 1.52. The molecule has 8 heteroatoms. The van der Waals surface area contributed by atoms with E-state index in [1.165, 1.54) is 0 Å². The maximum absolute atomic E-state index is 6.28. The third-order valence-electron chi connectivity index (χ3n) is 6.20. The minimum Gasteiger partial charge on any atom is -0.487 e. The van der Waals surface area contributed by atoms with E-state index in [9.17, 15) is 0 Å². The molecule has 0 N–H and O–H groups in total. The Bertz CT molecular complexity index is 1290. The van der Waals surface area contributed by atoms with Crippen LogP contribution in [0.5, 0.6) is 23.0 Å². The first-order valence-electron chi connectivity index (χ1n) is 13.0. The minimum absolute atomic E-state index is 0.218. The van der Waals surface area contributed by atoms with Gasteiger partial charge >= 0.3 is 0 Å². The molecular formula is C30H34N2O6. The predicted molar refractivity (Wildman–Crippen MR) is 144 cm³/mol. The van der Waals surface area contributed by atoms with Crippen LogP contribution in [0.1, 0.15) is 43.3 Å². The number of fused-ring (bicyclic) bond motifs is 4. The lowest BCUT2D eigenvalue weighted by molar-refractivity contribution is 0.0743. The Morgan fingerprint density at radius 3 is 1.87 bits per heavy atom. The summed E-state index contributed by atoms with van der Waals surface area (Å²) in [5, 5.41) is 0. The minimum atomic E-state index is -0.294. The number of pyridine rings is 1. The largest absolute Gasteiger partial charge is 0.487 e. The summed E-state index contributed by atoms with van der Waals surface area (Å²) in [4.78, 5) is 9.82. The normalized spacial score (nSPS) is 17.5. The Morgan fingerprint density at radius 1 is 0.737 bits per heavy atom. The van der Waals surface area contributed by atoms with Crippen LogP contribution in [0.2, 0.25) is 0 Å². The second kappa shape index (κ2) is 11.7. The third kappa shape index (κ3) is 6.19. The van der Waals surface area contributed by atoms with Crippen molar-refractivity contribution >= 4 is 5.90 Å². The van der Waals surface area contributed by atoms with Gasteiger partial charge in [0, 0.05) is 0 Å². The fourth-order valence-electron chi connectivity index (χ4n) is 4.35. The molecule has 2 aliphatic rings. The number of aliphatic imine (C=N–C) groups is 1. The van der Waals surface area contributed by atoms with E-state index in [-0.39, 0.29) is 18.8 Å². The van der Waals surface area contributed by atoms with Crippen LogP contribution >= 0.6 is 0 Å². The molecule has 38 heavy (non-hydrogen) atoms. The van der Waals surface area contributed by atoms with Crippen molar-refractivity contribution < 1.29 is 28.4 Å². The Kier molecular flexibility index (Phi) is 7.98. The van der Waals surface area contributed by atoms with Crippen molar-refractivity contribution in [3.8, 4) is 23.0 Å². The van der Waals surface area contributed by atoms with Gasteiger partial charge in [0.15, 0.2) is 23.0 Å². The summed E-state index contributed by atoms with van der Waals surface area (Å²) < 4.78 is 36.1. The highest BCUT2D eigenvalue weighted by molar-refractivity contribution is 5.98. The molecule has 0 unspecified atom stereocenters. The molecule has 2 aromatic carbocycles. The summed E-state index contributed by atoms with van der Waals surface area (Å²) in [6, 6.07) is 17.3. The molecule has 8 nitrogen and oxygen atoms in total. The quantitative estimate of drug-likeness (QED) is 0.464. The second-order valence-electron chi connectivity index (χ2n) is 9.75. The van der Waals surface area contributed by atoms with Crippen molar-refractivity contribution in [1.82, 2.24) is 4.98 Å². The Labute approximate surface area is 223 Å². The molecule has 1 aromatic heterocycles. The zero-order chi connectivity index (χ0) is 26.4. The molecule has 0 atom stereocenters. The van der Waals surface area contributed by atoms with Crippen LogP contribution in [0.15, 0.2) is 59.6 Å². The van der Waals surface area contributed by atoms with E-state index in [0.29, 0.717) is 61.9 Å². The van der Waals surface area contributed by atoms with Gasteiger partial charge in [0.2, 0.25) is 5.90 Å². The van der Waals surface area contributed by atoms with Crippen LogP contribution in [-0.4, -0.2) is 49.5 Å². The van der Waals surface area contributed by atoms with Crippen LogP contribution in [0.3, 0.4) is 0 Å². The molecule has 0 aliphatic carbocycles. The molecule has 0 saturated carbocycles. The molecule has 2 aliphatic heterocycles. The van der Waals surface area contributed by atoms with Gasteiger partial charge in [0.05, 0.1) is 35.7 Å². The predicted octanol–water partition coefficient (Wildman–Crippen LogP) is 5.15. The first-order valence-corrected chi connectivity index (χ1v) is 13.0. The van der Waals surface area contributed by atoms with Crippen LogP contribution in [0, 0.1) is 0 Å². The molecule has 3 aromatic rings. The number of benzene rings is 2. The number of para-hydroxylation sites is 4. The standard InChI is InChI=1S/C30H34N2O6/c1-4-21-17-22-18-36-26-11-7-5-9-24(26)34-15-13-33-14-16-35-25-10-6-8-12-27(25)37-19-23(31-22)28(21)29-32-30(2,3)20-38-29/h5-12,17H,4,13-16,18-20H2,1-3H3. The van der Waals surface area contributed by atoms with Crippen LogP contribution in [0.4, 0.5) is 0 Å². The third-order valence-corrected chi connectivity index (χ3v) is 6.20. The van der Waals surface area contributed by atoms with Crippen molar-refractivity contribution in [2.75, 3.05) is 33.0 Å². The zero-order valence-corrected chi connectivity index (χ0v) is 22.2. The average Bonchev–Trinajstić information content (AvgIpc) is 3.29. The molecular weight excluding hydrogens is 484 g/mol. The van der Waals surface area contributed by atoms with Crippen molar-refractivity contribution in [2.24, 2.45) is 4.99 Å². The maximum atomic E-state index is 6.28. The second-order valence-corrected chi connectivity index (χ2v) is 9.75. The average molecular weight is 519 g/mol. The summed E-state index contributed by atoms with van der Waals surface area (Å²) >= 11 is 0. The molecule has 5 rings (SSSR count). The van der Waals surface area contributed by atoms with E-state index in [1.54, 1.807) is 0 Å². The van der Waals surface area contributed by atoms with Gasteiger partial charge in [0.25, 0.3) is 0 Å². The molecule has 0 saturated heterocycles. The van der Waals surface area contributed by atoms with Crippen LogP contribution < -0.4 is 18.9 Å². The number of hydrogen-bond donors (Lipinski definition) is 0. The lowest BCUT2D eigenvalue weighted by Crippen LogP contribution is -2.17. The molecule has 0 fully saturated rings. The van der Waals surface area contributed by atoms with Gasteiger partial charge in [-0.05, 0) is 56.2 Å². The van der Waals surface area contributed by atoms with E-state index in [1.807, 2.05) is 48.5 Å². The monoisotopic (exact) mass is 518 g/mol. The zero-order valence-electron chi connectivity index (χ0n) is 22.2. The highest BCUT2D eigenvalue weighted by Gasteiger charge is 2.30. The van der Waals surface area contributed by atoms with Gasteiger partial charge < -0.3 is 28.4 Å². The van der Waals surface area contributed by atoms with Gasteiger partial charge in [0.1, 0.15) is 33.0 Å². The summed E-state index contributed by atoms with van der Waals surface area (Å²) in [5.41, 5.74) is 3.19. The van der Waals surface area contributed by atoms with E-state index >= 15 is 0 Å². The molecule has 0 spiro atoms. The number of ether oxygens (including phenoxy) is 6. The number of rotatable bonds is 2. The fourth-order valence-corrected chi connectivity index (χ4v) is 4.35. The van der Waals surface area contributed by atoms with Gasteiger partial charge in [-0.2, -0.15) is 0 Å². The maximum Gasteiger partial charge on any atom is 0.219 e. The summed E-state index contributed by atoms with van der Waals surface area (Å²) in [6.07, 6.45) is 0.778. The smallest absolute Gasteiger partial charge is 0.219 e. The first-order chi connectivity index (χ1) is 18.5. The molecule has 0 radical (unpaired) electrons. The summed E-state index contributed by atoms with van der Waals surface area (Å²) in [6.45, 7) is 8.89. The lowest BCUT2D eigenvalue weighted by Gasteiger charge is -2.18. The highest BCUT2D eigenvalue weighted by Crippen LogP contribution is 2.31. The van der Waals surface area contributed by atoms with E-state index in [2.05, 4.69) is 26.8 Å². The topological polar surface area (TPSA) is 80.6 Å². The van der Waals surface area contributed by atoms with Crippen LogP contribution in [-0.2, 0) is 29.1 Å². The van der Waals surface area contributed by atoms with Gasteiger partial charge in [-0.3, -0.25) is 0 Å². The lowest BCUT2D eigenvalue weighted by atomic mass is 10.0. The number of aryl methyl sites for hydroxylation is 1. The van der Waals surface area contributed by atoms with Crippen molar-refractivity contribution in [3.63, 3.8) is 0 Å². The van der Waals surface area contributed by atoms with E-state index in [0.717, 1.165) is 28.9 Å².